The van der Waals surface area contributed by atoms with E-state index in [0.717, 1.165) is 37.5 Å². The predicted molar refractivity (Wildman–Crippen MR) is 77.2 cm³/mol. The van der Waals surface area contributed by atoms with Gasteiger partial charge in [0, 0.05) is 31.3 Å². The van der Waals surface area contributed by atoms with E-state index in [0.29, 0.717) is 29.8 Å². The summed E-state index contributed by atoms with van der Waals surface area (Å²) in [5, 5.41) is 9.36. The number of aliphatic hydroxyl groups is 1. The van der Waals surface area contributed by atoms with Crippen molar-refractivity contribution in [3.63, 3.8) is 0 Å². The summed E-state index contributed by atoms with van der Waals surface area (Å²) in [4.78, 5) is 12.0. The van der Waals surface area contributed by atoms with Crippen LogP contribution in [0.4, 0.5) is 0 Å². The van der Waals surface area contributed by atoms with E-state index in [1.165, 1.54) is 32.1 Å². The van der Waals surface area contributed by atoms with Crippen molar-refractivity contribution < 1.29 is 19.6 Å². The Labute approximate surface area is 131 Å². The molecule has 0 aromatic heterocycles. The van der Waals surface area contributed by atoms with Gasteiger partial charge in [0.2, 0.25) is 11.6 Å². The van der Waals surface area contributed by atoms with Crippen molar-refractivity contribution >= 4 is 0 Å². The average molecular weight is 306 g/mol. The second-order valence-corrected chi connectivity index (χ2v) is 9.16. The van der Waals surface area contributed by atoms with Crippen molar-refractivity contribution in [1.82, 2.24) is 0 Å². The molecule has 1 N–H and O–H groups in total. The van der Waals surface area contributed by atoms with Gasteiger partial charge in [-0.1, -0.05) is 0 Å². The molecule has 4 atom stereocenters. The van der Waals surface area contributed by atoms with E-state index in [1.54, 1.807) is 0 Å². The van der Waals surface area contributed by atoms with Crippen molar-refractivity contribution in [1.29, 1.82) is 0 Å². The van der Waals surface area contributed by atoms with Gasteiger partial charge in [-0.3, -0.25) is 0 Å². The summed E-state index contributed by atoms with van der Waals surface area (Å²) in [6.07, 6.45) is 10.4. The second-order valence-electron chi connectivity index (χ2n) is 9.16. The lowest BCUT2D eigenvalue weighted by molar-refractivity contribution is -0.375. The molecule has 3 bridgehead atoms. The zero-order chi connectivity index (χ0) is 14.6. The molecule has 1 aliphatic heterocycles. The normalized spacial score (nSPS) is 64.5. The van der Waals surface area contributed by atoms with Gasteiger partial charge >= 0.3 is 0 Å². The molecule has 5 aliphatic carbocycles. The Kier molecular flexibility index (Phi) is 2.34. The molecule has 0 aromatic rings. The van der Waals surface area contributed by atoms with Crippen molar-refractivity contribution in [2.24, 2.45) is 35.0 Å². The average Bonchev–Trinajstić information content (AvgIpc) is 3.11. The van der Waals surface area contributed by atoms with E-state index in [9.17, 15) is 5.11 Å². The number of rotatable bonds is 1. The van der Waals surface area contributed by atoms with Crippen LogP contribution in [0.3, 0.4) is 0 Å². The lowest BCUT2D eigenvalue weighted by Gasteiger charge is -2.49. The predicted octanol–water partition coefficient (Wildman–Crippen LogP) is 3.00. The van der Waals surface area contributed by atoms with Crippen LogP contribution >= 0.6 is 0 Å². The summed E-state index contributed by atoms with van der Waals surface area (Å²) in [7, 11) is 0. The number of ether oxygens (including phenoxy) is 1. The van der Waals surface area contributed by atoms with Gasteiger partial charge in [-0.25, -0.2) is 0 Å². The summed E-state index contributed by atoms with van der Waals surface area (Å²) in [6.45, 7) is 0.291. The third kappa shape index (κ3) is 1.33. The first-order chi connectivity index (χ1) is 10.7. The first-order valence-electron chi connectivity index (χ1n) is 9.36. The Bertz CT molecular complexity index is 485. The smallest absolute Gasteiger partial charge is 0.210 e. The fourth-order valence-electron chi connectivity index (χ4n) is 7.37. The maximum absolute atomic E-state index is 9.36. The van der Waals surface area contributed by atoms with Gasteiger partial charge in [0.1, 0.15) is 0 Å². The molecule has 4 unspecified atom stereocenters. The highest BCUT2D eigenvalue weighted by atomic mass is 17.3. The largest absolute Gasteiger partial charge is 0.396 e. The zero-order valence-electron chi connectivity index (χ0n) is 13.1. The Morgan fingerprint density at radius 3 is 2.14 bits per heavy atom. The molecule has 22 heavy (non-hydrogen) atoms. The first-order valence-corrected chi connectivity index (χ1v) is 9.36. The molecule has 1 saturated heterocycles. The molecule has 5 saturated carbocycles. The van der Waals surface area contributed by atoms with E-state index in [-0.39, 0.29) is 0 Å². The third-order valence-electron chi connectivity index (χ3n) is 8.52. The maximum atomic E-state index is 9.36. The Morgan fingerprint density at radius 2 is 1.50 bits per heavy atom. The summed E-state index contributed by atoms with van der Waals surface area (Å²) in [6, 6.07) is 0. The van der Waals surface area contributed by atoms with Crippen molar-refractivity contribution in [2.45, 2.75) is 69.4 Å². The Morgan fingerprint density at radius 1 is 0.864 bits per heavy atom. The molecule has 3 spiro atoms. The van der Waals surface area contributed by atoms with Crippen molar-refractivity contribution in [3.05, 3.63) is 0 Å². The van der Waals surface area contributed by atoms with E-state index in [1.807, 2.05) is 0 Å². The van der Waals surface area contributed by atoms with Crippen LogP contribution in [-0.4, -0.2) is 23.3 Å². The van der Waals surface area contributed by atoms with Crippen LogP contribution in [0.5, 0.6) is 0 Å². The highest BCUT2D eigenvalue weighted by Gasteiger charge is 2.77. The van der Waals surface area contributed by atoms with Crippen molar-refractivity contribution in [3.8, 4) is 0 Å². The van der Waals surface area contributed by atoms with E-state index >= 15 is 0 Å². The lowest BCUT2D eigenvalue weighted by Crippen LogP contribution is -2.50. The Balaban J connectivity index is 1.29. The van der Waals surface area contributed by atoms with Crippen LogP contribution in [0, 0.1) is 35.0 Å². The van der Waals surface area contributed by atoms with Gasteiger partial charge in [0.15, 0.2) is 0 Å². The molecular formula is C18H26O4. The van der Waals surface area contributed by atoms with Gasteiger partial charge in [-0.15, -0.1) is 0 Å². The first kappa shape index (κ1) is 13.2. The minimum absolute atomic E-state index is 0.291. The van der Waals surface area contributed by atoms with Gasteiger partial charge in [-0.05, 0) is 68.1 Å². The standard InChI is InChI=1S/C18H26O4/c19-10-11-1-3-17(4-2-11)20-18(22-21-17)14-6-12-5-13-7-15(18)9-16(12,13)8-14/h11-15,19H,1-10H2. The van der Waals surface area contributed by atoms with E-state index < -0.39 is 11.6 Å². The molecule has 4 nitrogen and oxygen atoms in total. The topological polar surface area (TPSA) is 47.9 Å². The molecule has 4 heteroatoms. The van der Waals surface area contributed by atoms with Crippen LogP contribution in [0.15, 0.2) is 0 Å². The number of aliphatic hydroxyl groups excluding tert-OH is 1. The molecule has 0 amide bonds. The molecule has 122 valence electrons. The van der Waals surface area contributed by atoms with Gasteiger partial charge in [0.25, 0.3) is 0 Å². The lowest BCUT2D eigenvalue weighted by atomic mass is 9.56. The monoisotopic (exact) mass is 306 g/mol. The number of fused-ring (bicyclic) bond motifs is 4. The Hall–Kier alpha value is -0.160. The third-order valence-corrected chi connectivity index (χ3v) is 8.52. The summed E-state index contributed by atoms with van der Waals surface area (Å²) < 4.78 is 6.71. The van der Waals surface area contributed by atoms with Crippen LogP contribution < -0.4 is 0 Å². The van der Waals surface area contributed by atoms with Gasteiger partial charge < -0.3 is 9.84 Å². The summed E-state index contributed by atoms with van der Waals surface area (Å²) in [5.74, 6) is 2.47. The summed E-state index contributed by atoms with van der Waals surface area (Å²) >= 11 is 0. The molecule has 6 rings (SSSR count). The van der Waals surface area contributed by atoms with Gasteiger partial charge in [0.05, 0.1) is 0 Å². The minimum Gasteiger partial charge on any atom is -0.396 e. The maximum Gasteiger partial charge on any atom is 0.210 e. The molecule has 0 aromatic carbocycles. The highest BCUT2D eigenvalue weighted by molar-refractivity contribution is 5.21. The molecular weight excluding hydrogens is 280 g/mol. The van der Waals surface area contributed by atoms with Crippen LogP contribution in [0.25, 0.3) is 0 Å². The fraction of sp³-hybridized carbons (Fsp3) is 1.00. The number of hydrogen-bond acceptors (Lipinski definition) is 4. The van der Waals surface area contributed by atoms with Crippen LogP contribution in [0.1, 0.15) is 57.8 Å². The molecule has 6 aliphatic rings. The quantitative estimate of drug-likeness (QED) is 0.757. The zero-order valence-corrected chi connectivity index (χ0v) is 13.1. The van der Waals surface area contributed by atoms with Crippen LogP contribution in [-0.2, 0) is 14.5 Å². The SMILES string of the molecule is OCC1CCC2(CC1)OOC1(O2)C2CC3CC4CC1CC34C2. The molecule has 1 heterocycles. The van der Waals surface area contributed by atoms with Gasteiger partial charge in [-0.2, -0.15) is 9.78 Å². The molecule has 6 fully saturated rings. The fourth-order valence-corrected chi connectivity index (χ4v) is 7.37. The van der Waals surface area contributed by atoms with E-state index in [4.69, 9.17) is 14.5 Å². The molecule has 0 radical (unpaired) electrons. The number of hydrogen-bond donors (Lipinski definition) is 1. The minimum atomic E-state index is -0.513. The van der Waals surface area contributed by atoms with Crippen molar-refractivity contribution in [2.75, 3.05) is 6.61 Å². The highest BCUT2D eigenvalue weighted by Crippen LogP contribution is 2.79. The van der Waals surface area contributed by atoms with Crippen LogP contribution in [0.2, 0.25) is 0 Å². The van der Waals surface area contributed by atoms with E-state index in [2.05, 4.69) is 0 Å². The summed E-state index contributed by atoms with van der Waals surface area (Å²) in [5.41, 5.74) is 0.678. The second kappa shape index (κ2) is 3.90.